The third-order valence-corrected chi connectivity index (χ3v) is 2.55. The van der Waals surface area contributed by atoms with Crippen LogP contribution in [0.2, 0.25) is 0 Å². The summed E-state index contributed by atoms with van der Waals surface area (Å²) in [7, 11) is 0. The number of benzene rings is 1. The highest BCUT2D eigenvalue weighted by atomic mass is 16.1. The van der Waals surface area contributed by atoms with Gasteiger partial charge in [-0.25, -0.2) is 0 Å². The number of nitrogens with zero attached hydrogens (tertiary/aromatic N) is 1. The van der Waals surface area contributed by atoms with Crippen LogP contribution in [0.3, 0.4) is 0 Å². The van der Waals surface area contributed by atoms with Crippen LogP contribution in [0.1, 0.15) is 33.1 Å². The van der Waals surface area contributed by atoms with Gasteiger partial charge in [0.25, 0.3) is 0 Å². The Balaban J connectivity index is 2.67. The fourth-order valence-electron chi connectivity index (χ4n) is 1.61. The summed E-state index contributed by atoms with van der Waals surface area (Å²) in [5.41, 5.74) is 0.927. The standard InChI is InChI=1S/C13H18NO/c1-3-4-8-12(2)14(11-15)13-9-6-5-7-10-13/h5-7,9-10,12H,3-4,8H2,1-2H3. The zero-order valence-corrected chi connectivity index (χ0v) is 9.44. The van der Waals surface area contributed by atoms with Gasteiger partial charge in [-0.3, -0.25) is 4.79 Å². The van der Waals surface area contributed by atoms with E-state index >= 15 is 0 Å². The number of rotatable bonds is 6. The van der Waals surface area contributed by atoms with Crippen molar-refractivity contribution in [2.45, 2.75) is 39.2 Å². The first-order chi connectivity index (χ1) is 7.29. The molecule has 0 saturated heterocycles. The topological polar surface area (TPSA) is 20.3 Å². The largest absolute Gasteiger partial charge is 0.317 e. The van der Waals surface area contributed by atoms with Crippen molar-refractivity contribution in [1.82, 2.24) is 0 Å². The summed E-state index contributed by atoms with van der Waals surface area (Å²) in [5, 5.41) is 0. The summed E-state index contributed by atoms with van der Waals surface area (Å²) in [6, 6.07) is 9.92. The monoisotopic (exact) mass is 204 g/mol. The van der Waals surface area contributed by atoms with E-state index in [0.717, 1.165) is 24.9 Å². The highest BCUT2D eigenvalue weighted by Crippen LogP contribution is 2.17. The van der Waals surface area contributed by atoms with Crippen molar-refractivity contribution in [2.75, 3.05) is 4.90 Å². The average molecular weight is 204 g/mol. The average Bonchev–Trinajstić information content (AvgIpc) is 2.29. The molecule has 0 heterocycles. The van der Waals surface area contributed by atoms with Crippen LogP contribution in [-0.4, -0.2) is 12.5 Å². The van der Waals surface area contributed by atoms with E-state index in [2.05, 4.69) is 13.8 Å². The summed E-state index contributed by atoms with van der Waals surface area (Å²) in [4.78, 5) is 12.6. The van der Waals surface area contributed by atoms with Crippen LogP contribution < -0.4 is 4.90 Å². The third-order valence-electron chi connectivity index (χ3n) is 2.55. The number of anilines is 1. The van der Waals surface area contributed by atoms with Crippen molar-refractivity contribution in [2.24, 2.45) is 0 Å². The van der Waals surface area contributed by atoms with Gasteiger partial charge in [-0.05, 0) is 25.5 Å². The van der Waals surface area contributed by atoms with E-state index in [9.17, 15) is 4.79 Å². The minimum Gasteiger partial charge on any atom is -0.301 e. The van der Waals surface area contributed by atoms with E-state index in [0.29, 0.717) is 0 Å². The summed E-state index contributed by atoms with van der Waals surface area (Å²) < 4.78 is 0. The Hall–Kier alpha value is -1.31. The normalized spacial score (nSPS) is 12.1. The van der Waals surface area contributed by atoms with E-state index in [-0.39, 0.29) is 6.04 Å². The molecule has 0 aliphatic carbocycles. The molecule has 0 N–H and O–H groups in total. The Morgan fingerprint density at radius 3 is 2.53 bits per heavy atom. The molecule has 0 aliphatic rings. The van der Waals surface area contributed by atoms with Gasteiger partial charge in [-0.2, -0.15) is 0 Å². The molecule has 1 aromatic rings. The summed E-state index contributed by atoms with van der Waals surface area (Å²) in [5.74, 6) is 0. The Labute approximate surface area is 91.9 Å². The Morgan fingerprint density at radius 1 is 1.33 bits per heavy atom. The lowest BCUT2D eigenvalue weighted by atomic mass is 10.1. The number of para-hydroxylation sites is 1. The van der Waals surface area contributed by atoms with Crippen molar-refractivity contribution in [3.05, 3.63) is 30.3 Å². The zero-order valence-electron chi connectivity index (χ0n) is 9.44. The van der Waals surface area contributed by atoms with Gasteiger partial charge < -0.3 is 4.90 Å². The Kier molecular flexibility index (Phi) is 4.88. The Morgan fingerprint density at radius 2 is 2.00 bits per heavy atom. The van der Waals surface area contributed by atoms with Crippen LogP contribution in [0, 0.1) is 0 Å². The third kappa shape index (κ3) is 3.39. The lowest BCUT2D eigenvalue weighted by Gasteiger charge is -2.24. The molecule has 1 rings (SSSR count). The fraction of sp³-hybridized carbons (Fsp3) is 0.462. The van der Waals surface area contributed by atoms with Crippen LogP contribution in [0.5, 0.6) is 0 Å². The lowest BCUT2D eigenvalue weighted by Crippen LogP contribution is -2.31. The Bertz CT molecular complexity index is 284. The first-order valence-electron chi connectivity index (χ1n) is 5.51. The molecule has 2 heteroatoms. The quantitative estimate of drug-likeness (QED) is 0.652. The van der Waals surface area contributed by atoms with E-state index < -0.39 is 0 Å². The summed E-state index contributed by atoms with van der Waals surface area (Å²) in [6.45, 7) is 4.22. The molecule has 15 heavy (non-hydrogen) atoms. The molecular formula is C13H18NO. The number of unbranched alkanes of at least 4 members (excludes halogenated alkanes) is 1. The zero-order chi connectivity index (χ0) is 11.1. The first kappa shape index (κ1) is 11.8. The maximum Gasteiger partial charge on any atom is 0.317 e. The van der Waals surface area contributed by atoms with Crippen molar-refractivity contribution in [1.29, 1.82) is 0 Å². The smallest absolute Gasteiger partial charge is 0.301 e. The molecule has 0 spiro atoms. The van der Waals surface area contributed by atoms with Crippen LogP contribution >= 0.6 is 0 Å². The second-order valence-electron chi connectivity index (χ2n) is 3.79. The molecule has 1 atom stereocenters. The van der Waals surface area contributed by atoms with E-state index in [1.165, 1.54) is 0 Å². The van der Waals surface area contributed by atoms with Crippen molar-refractivity contribution in [3.63, 3.8) is 0 Å². The van der Waals surface area contributed by atoms with Gasteiger partial charge in [0.15, 0.2) is 0 Å². The highest BCUT2D eigenvalue weighted by molar-refractivity contribution is 5.76. The molecule has 0 fully saturated rings. The van der Waals surface area contributed by atoms with Crippen molar-refractivity contribution in [3.8, 4) is 0 Å². The van der Waals surface area contributed by atoms with E-state index in [4.69, 9.17) is 0 Å². The lowest BCUT2D eigenvalue weighted by molar-refractivity contribution is 0.531. The molecule has 1 amide bonds. The van der Waals surface area contributed by atoms with E-state index in [1.54, 1.807) is 4.90 Å². The van der Waals surface area contributed by atoms with Gasteiger partial charge >= 0.3 is 6.41 Å². The minimum absolute atomic E-state index is 0.227. The van der Waals surface area contributed by atoms with E-state index in [1.807, 2.05) is 36.7 Å². The maximum atomic E-state index is 10.9. The molecular weight excluding hydrogens is 186 g/mol. The molecule has 2 nitrogen and oxygen atoms in total. The predicted molar refractivity (Wildman–Crippen MR) is 63.6 cm³/mol. The van der Waals surface area contributed by atoms with Gasteiger partial charge in [-0.15, -0.1) is 0 Å². The summed E-state index contributed by atoms with van der Waals surface area (Å²) in [6.07, 6.45) is 5.34. The van der Waals surface area contributed by atoms with Crippen molar-refractivity contribution >= 4 is 12.1 Å². The van der Waals surface area contributed by atoms with Crippen LogP contribution in [0.15, 0.2) is 30.3 Å². The second kappa shape index (κ2) is 6.23. The van der Waals surface area contributed by atoms with Crippen LogP contribution in [0.4, 0.5) is 5.69 Å². The molecule has 0 aromatic heterocycles. The molecule has 0 bridgehead atoms. The first-order valence-corrected chi connectivity index (χ1v) is 5.51. The second-order valence-corrected chi connectivity index (χ2v) is 3.79. The van der Waals surface area contributed by atoms with Crippen molar-refractivity contribution < 1.29 is 4.79 Å². The fourth-order valence-corrected chi connectivity index (χ4v) is 1.61. The minimum atomic E-state index is 0.227. The predicted octanol–water partition coefficient (Wildman–Crippen LogP) is 3.14. The number of amides is 1. The molecule has 1 aromatic carbocycles. The van der Waals surface area contributed by atoms with Gasteiger partial charge in [0.1, 0.15) is 0 Å². The van der Waals surface area contributed by atoms with Gasteiger partial charge in [-0.1, -0.05) is 38.0 Å². The molecule has 1 radical (unpaired) electrons. The maximum absolute atomic E-state index is 10.9. The van der Waals surface area contributed by atoms with Gasteiger partial charge in [0.2, 0.25) is 0 Å². The molecule has 81 valence electrons. The molecule has 0 aliphatic heterocycles. The van der Waals surface area contributed by atoms with Gasteiger partial charge in [0.05, 0.1) is 0 Å². The number of carbonyl (C=O) groups excluding carboxylic acids is 1. The SMILES string of the molecule is CCCCC(C)N([C]=O)c1ccccc1. The van der Waals surface area contributed by atoms with Crippen LogP contribution in [0.25, 0.3) is 0 Å². The van der Waals surface area contributed by atoms with Gasteiger partial charge in [0, 0.05) is 11.7 Å². The number of hydrogen-bond acceptors (Lipinski definition) is 1. The molecule has 1 unspecified atom stereocenters. The molecule has 0 saturated carbocycles. The number of hydrogen-bond donors (Lipinski definition) is 0. The van der Waals surface area contributed by atoms with Crippen LogP contribution in [-0.2, 0) is 4.79 Å². The highest BCUT2D eigenvalue weighted by Gasteiger charge is 2.13. The summed E-state index contributed by atoms with van der Waals surface area (Å²) >= 11 is 0.